The number of rotatable bonds is 3. The minimum absolute atomic E-state index is 0.346. The lowest BCUT2D eigenvalue weighted by atomic mass is 10.1. The van der Waals surface area contributed by atoms with Crippen molar-refractivity contribution >= 4 is 0 Å². The maximum absolute atomic E-state index is 5.33. The Balaban J connectivity index is 3.05. The minimum Gasteiger partial charge on any atom is -0.352 e. The highest BCUT2D eigenvalue weighted by Gasteiger charge is 2.11. The van der Waals surface area contributed by atoms with E-state index in [-0.39, 0.29) is 6.29 Å². The van der Waals surface area contributed by atoms with Crippen LogP contribution in [0.1, 0.15) is 17.4 Å². The van der Waals surface area contributed by atoms with Gasteiger partial charge >= 0.3 is 0 Å². The summed E-state index contributed by atoms with van der Waals surface area (Å²) in [5.41, 5.74) is 7.14. The van der Waals surface area contributed by atoms with Crippen LogP contribution in [0.15, 0.2) is 24.3 Å². The Hall–Kier alpha value is -1.34. The van der Waals surface area contributed by atoms with Crippen LogP contribution in [-0.4, -0.2) is 20.8 Å². The van der Waals surface area contributed by atoms with Gasteiger partial charge < -0.3 is 15.2 Å². The molecule has 0 bridgehead atoms. The SMILES string of the molecule is COC(OC)c1ccccc1C#CCN. The van der Waals surface area contributed by atoms with Crippen molar-refractivity contribution < 1.29 is 9.47 Å². The molecule has 0 aliphatic rings. The lowest BCUT2D eigenvalue weighted by Gasteiger charge is -2.14. The van der Waals surface area contributed by atoms with E-state index < -0.39 is 0 Å². The molecule has 0 spiro atoms. The van der Waals surface area contributed by atoms with Gasteiger partial charge in [0.2, 0.25) is 0 Å². The molecule has 0 atom stereocenters. The molecule has 80 valence electrons. The first-order chi connectivity index (χ1) is 7.33. The van der Waals surface area contributed by atoms with Crippen LogP contribution in [-0.2, 0) is 9.47 Å². The highest BCUT2D eigenvalue weighted by molar-refractivity contribution is 5.42. The van der Waals surface area contributed by atoms with Crippen molar-refractivity contribution in [1.82, 2.24) is 0 Å². The average molecular weight is 205 g/mol. The second kappa shape index (κ2) is 6.20. The van der Waals surface area contributed by atoms with Gasteiger partial charge in [0.25, 0.3) is 0 Å². The molecular formula is C12H15NO2. The molecule has 1 rings (SSSR count). The Morgan fingerprint density at radius 3 is 2.53 bits per heavy atom. The summed E-state index contributed by atoms with van der Waals surface area (Å²) in [7, 11) is 3.20. The third-order valence-electron chi connectivity index (χ3n) is 1.97. The summed E-state index contributed by atoms with van der Waals surface area (Å²) >= 11 is 0. The molecule has 0 saturated carbocycles. The molecule has 0 heterocycles. The van der Waals surface area contributed by atoms with Gasteiger partial charge in [-0.3, -0.25) is 0 Å². The minimum atomic E-state index is -0.381. The second-order valence-electron chi connectivity index (χ2n) is 2.90. The quantitative estimate of drug-likeness (QED) is 0.597. The average Bonchev–Trinajstić information content (AvgIpc) is 2.29. The van der Waals surface area contributed by atoms with Crippen molar-refractivity contribution in [2.75, 3.05) is 20.8 Å². The van der Waals surface area contributed by atoms with E-state index >= 15 is 0 Å². The lowest BCUT2D eigenvalue weighted by molar-refractivity contribution is -0.106. The Bertz CT molecular complexity index is 361. The molecule has 0 amide bonds. The normalized spacial score (nSPS) is 9.87. The van der Waals surface area contributed by atoms with Crippen LogP contribution in [0.4, 0.5) is 0 Å². The largest absolute Gasteiger partial charge is 0.352 e. The van der Waals surface area contributed by atoms with E-state index in [0.29, 0.717) is 6.54 Å². The maximum atomic E-state index is 5.33. The standard InChI is InChI=1S/C12H15NO2/c1-14-12(15-2)11-8-4-3-6-10(11)7-5-9-13/h3-4,6,8,12H,9,13H2,1-2H3. The van der Waals surface area contributed by atoms with Crippen LogP contribution in [0.2, 0.25) is 0 Å². The molecular weight excluding hydrogens is 190 g/mol. The number of methoxy groups -OCH3 is 2. The first kappa shape index (κ1) is 11.7. The topological polar surface area (TPSA) is 44.5 Å². The third-order valence-corrected chi connectivity index (χ3v) is 1.97. The fraction of sp³-hybridized carbons (Fsp3) is 0.333. The first-order valence-electron chi connectivity index (χ1n) is 4.67. The molecule has 0 unspecified atom stereocenters. The molecule has 3 heteroatoms. The molecule has 0 radical (unpaired) electrons. The van der Waals surface area contributed by atoms with E-state index in [2.05, 4.69) is 11.8 Å². The highest BCUT2D eigenvalue weighted by atomic mass is 16.7. The van der Waals surface area contributed by atoms with Crippen molar-refractivity contribution in [2.24, 2.45) is 5.73 Å². The zero-order valence-electron chi connectivity index (χ0n) is 8.99. The predicted molar refractivity (Wildman–Crippen MR) is 59.1 cm³/mol. The van der Waals surface area contributed by atoms with Gasteiger partial charge in [0.05, 0.1) is 6.54 Å². The Labute approximate surface area is 90.2 Å². The molecule has 0 aliphatic heterocycles. The molecule has 2 N–H and O–H groups in total. The second-order valence-corrected chi connectivity index (χ2v) is 2.90. The van der Waals surface area contributed by atoms with E-state index in [4.69, 9.17) is 15.2 Å². The summed E-state index contributed by atoms with van der Waals surface area (Å²) in [6, 6.07) is 7.70. The van der Waals surface area contributed by atoms with Gasteiger partial charge in [0.1, 0.15) is 0 Å². The number of hydrogen-bond donors (Lipinski definition) is 1. The molecule has 0 saturated heterocycles. The van der Waals surface area contributed by atoms with Gasteiger partial charge in [-0.1, -0.05) is 30.0 Å². The summed E-state index contributed by atoms with van der Waals surface area (Å²) in [4.78, 5) is 0. The van der Waals surface area contributed by atoms with Crippen molar-refractivity contribution in [3.8, 4) is 11.8 Å². The molecule has 0 fully saturated rings. The first-order valence-corrected chi connectivity index (χ1v) is 4.67. The van der Waals surface area contributed by atoms with Gasteiger partial charge in [-0.05, 0) is 6.07 Å². The maximum Gasteiger partial charge on any atom is 0.184 e. The highest BCUT2D eigenvalue weighted by Crippen LogP contribution is 2.20. The van der Waals surface area contributed by atoms with E-state index in [1.807, 2.05) is 24.3 Å². The Morgan fingerprint density at radius 1 is 1.27 bits per heavy atom. The smallest absolute Gasteiger partial charge is 0.184 e. The summed E-state index contributed by atoms with van der Waals surface area (Å²) in [5.74, 6) is 5.80. The monoisotopic (exact) mass is 205 g/mol. The van der Waals surface area contributed by atoms with Crippen molar-refractivity contribution in [1.29, 1.82) is 0 Å². The Kier molecular flexibility index (Phi) is 4.85. The fourth-order valence-electron chi connectivity index (χ4n) is 1.31. The number of hydrogen-bond acceptors (Lipinski definition) is 3. The number of nitrogens with two attached hydrogens (primary N) is 1. The lowest BCUT2D eigenvalue weighted by Crippen LogP contribution is -2.05. The molecule has 0 aromatic heterocycles. The summed E-state index contributed by atoms with van der Waals surface area (Å²) in [6.07, 6.45) is -0.381. The van der Waals surface area contributed by atoms with E-state index in [1.165, 1.54) is 0 Å². The summed E-state index contributed by atoms with van der Waals surface area (Å²) in [5, 5.41) is 0. The van der Waals surface area contributed by atoms with Crippen LogP contribution in [0.3, 0.4) is 0 Å². The third kappa shape index (κ3) is 3.07. The van der Waals surface area contributed by atoms with Gasteiger partial charge in [-0.2, -0.15) is 0 Å². The van der Waals surface area contributed by atoms with E-state index in [1.54, 1.807) is 14.2 Å². The van der Waals surface area contributed by atoms with Crippen LogP contribution in [0.5, 0.6) is 0 Å². The molecule has 15 heavy (non-hydrogen) atoms. The van der Waals surface area contributed by atoms with Gasteiger partial charge in [0.15, 0.2) is 6.29 Å². The van der Waals surface area contributed by atoms with Crippen molar-refractivity contribution in [2.45, 2.75) is 6.29 Å². The molecule has 1 aromatic carbocycles. The summed E-state index contributed by atoms with van der Waals surface area (Å²) in [6.45, 7) is 0.346. The number of ether oxygens (including phenoxy) is 2. The molecule has 0 aliphatic carbocycles. The zero-order valence-corrected chi connectivity index (χ0v) is 8.99. The van der Waals surface area contributed by atoms with Crippen molar-refractivity contribution in [3.05, 3.63) is 35.4 Å². The molecule has 1 aromatic rings. The van der Waals surface area contributed by atoms with Gasteiger partial charge in [-0.25, -0.2) is 0 Å². The van der Waals surface area contributed by atoms with Crippen LogP contribution < -0.4 is 5.73 Å². The van der Waals surface area contributed by atoms with Crippen LogP contribution in [0.25, 0.3) is 0 Å². The van der Waals surface area contributed by atoms with Crippen LogP contribution >= 0.6 is 0 Å². The zero-order chi connectivity index (χ0) is 11.1. The Morgan fingerprint density at radius 2 is 1.93 bits per heavy atom. The van der Waals surface area contributed by atoms with Crippen LogP contribution in [0, 0.1) is 11.8 Å². The predicted octanol–water partition coefficient (Wildman–Crippen LogP) is 1.29. The van der Waals surface area contributed by atoms with E-state index in [0.717, 1.165) is 11.1 Å². The van der Waals surface area contributed by atoms with E-state index in [9.17, 15) is 0 Å². The molecule has 3 nitrogen and oxygen atoms in total. The van der Waals surface area contributed by atoms with Gasteiger partial charge in [-0.15, -0.1) is 0 Å². The van der Waals surface area contributed by atoms with Crippen molar-refractivity contribution in [3.63, 3.8) is 0 Å². The fourth-order valence-corrected chi connectivity index (χ4v) is 1.31. The number of benzene rings is 1. The van der Waals surface area contributed by atoms with Gasteiger partial charge in [0, 0.05) is 25.3 Å². The summed E-state index contributed by atoms with van der Waals surface area (Å²) < 4.78 is 10.4.